The third-order valence-corrected chi connectivity index (χ3v) is 5.84. The van der Waals surface area contributed by atoms with E-state index < -0.39 is 0 Å². The molecule has 2 unspecified atom stereocenters. The van der Waals surface area contributed by atoms with Gasteiger partial charge in [-0.05, 0) is 73.3 Å². The Morgan fingerprint density at radius 3 is 2.67 bits per heavy atom. The summed E-state index contributed by atoms with van der Waals surface area (Å²) in [5.41, 5.74) is 3.92. The first kappa shape index (κ1) is 16.9. The Morgan fingerprint density at radius 2 is 2.10 bits per heavy atom. The van der Waals surface area contributed by atoms with Gasteiger partial charge in [-0.25, -0.2) is 4.39 Å². The largest absolute Gasteiger partial charge is 0.296 e. The van der Waals surface area contributed by atoms with Crippen LogP contribution in [0.25, 0.3) is 0 Å². The second-order valence-corrected chi connectivity index (χ2v) is 6.83. The van der Waals surface area contributed by atoms with Gasteiger partial charge in [0.2, 0.25) is 0 Å². The molecule has 0 amide bonds. The predicted octanol–water partition coefficient (Wildman–Crippen LogP) is 3.23. The summed E-state index contributed by atoms with van der Waals surface area (Å²) in [6.07, 6.45) is 4.21. The van der Waals surface area contributed by atoms with Gasteiger partial charge >= 0.3 is 0 Å². The second kappa shape index (κ2) is 7.18. The highest BCUT2D eigenvalue weighted by molar-refractivity contribution is 9.10. The quantitative estimate of drug-likeness (QED) is 0.606. The van der Waals surface area contributed by atoms with E-state index in [0.717, 1.165) is 25.1 Å². The molecule has 1 aromatic rings. The van der Waals surface area contributed by atoms with E-state index >= 15 is 0 Å². The van der Waals surface area contributed by atoms with Crippen LogP contribution in [0.3, 0.4) is 0 Å². The number of hydrazine groups is 1. The van der Waals surface area contributed by atoms with E-state index in [1.807, 2.05) is 6.07 Å². The fraction of sp³-hybridized carbons (Fsp3) is 0.625. The summed E-state index contributed by atoms with van der Waals surface area (Å²) in [4.78, 5) is 2.52. The molecule has 0 saturated carbocycles. The van der Waals surface area contributed by atoms with Crippen LogP contribution in [0.4, 0.5) is 4.39 Å². The second-order valence-electron chi connectivity index (χ2n) is 6.04. The van der Waals surface area contributed by atoms with Gasteiger partial charge in [0, 0.05) is 11.6 Å². The number of nitrogens with zero attached hydrogens (tertiary/aromatic N) is 1. The summed E-state index contributed by atoms with van der Waals surface area (Å²) in [6, 6.07) is 5.26. The molecule has 21 heavy (non-hydrogen) atoms. The van der Waals surface area contributed by atoms with Gasteiger partial charge in [0.15, 0.2) is 0 Å². The van der Waals surface area contributed by atoms with Crippen molar-refractivity contribution in [2.45, 2.75) is 51.1 Å². The summed E-state index contributed by atoms with van der Waals surface area (Å²) >= 11 is 3.35. The Balaban J connectivity index is 2.23. The van der Waals surface area contributed by atoms with Crippen LogP contribution in [0.15, 0.2) is 22.7 Å². The van der Waals surface area contributed by atoms with Gasteiger partial charge in [-0.2, -0.15) is 0 Å². The molecule has 0 radical (unpaired) electrons. The maximum Gasteiger partial charge on any atom is 0.137 e. The van der Waals surface area contributed by atoms with E-state index in [9.17, 15) is 4.39 Å². The van der Waals surface area contributed by atoms with Crippen molar-refractivity contribution in [3.05, 3.63) is 34.1 Å². The fourth-order valence-corrected chi connectivity index (χ4v) is 3.73. The number of likely N-dealkylation sites (tertiary alicyclic amines) is 1. The van der Waals surface area contributed by atoms with Crippen molar-refractivity contribution in [1.82, 2.24) is 10.3 Å². The zero-order valence-corrected chi connectivity index (χ0v) is 14.4. The molecule has 2 rings (SSSR count). The molecule has 1 fully saturated rings. The zero-order chi connectivity index (χ0) is 15.5. The lowest BCUT2D eigenvalue weighted by molar-refractivity contribution is 0.0840. The average Bonchev–Trinajstić information content (AvgIpc) is 3.03. The van der Waals surface area contributed by atoms with E-state index in [1.54, 1.807) is 6.07 Å². The van der Waals surface area contributed by atoms with Gasteiger partial charge in [-0.1, -0.05) is 19.1 Å². The molecule has 118 valence electrons. The van der Waals surface area contributed by atoms with Crippen molar-refractivity contribution in [1.29, 1.82) is 0 Å². The van der Waals surface area contributed by atoms with E-state index in [0.29, 0.717) is 10.9 Å². The number of nitrogens with two attached hydrogens (primary N) is 1. The molecule has 0 bridgehead atoms. The fourth-order valence-electron chi connectivity index (χ4n) is 3.30. The van der Waals surface area contributed by atoms with Crippen molar-refractivity contribution in [3.8, 4) is 0 Å². The maximum atomic E-state index is 13.7. The van der Waals surface area contributed by atoms with Crippen molar-refractivity contribution in [3.63, 3.8) is 0 Å². The summed E-state index contributed by atoms with van der Waals surface area (Å²) in [6.45, 7) is 6.69. The van der Waals surface area contributed by atoms with E-state index in [4.69, 9.17) is 5.84 Å². The van der Waals surface area contributed by atoms with E-state index in [1.165, 1.54) is 18.9 Å². The molecule has 0 aliphatic carbocycles. The van der Waals surface area contributed by atoms with Crippen LogP contribution in [0, 0.1) is 5.82 Å². The number of nitrogens with one attached hydrogen (secondary N) is 1. The van der Waals surface area contributed by atoms with Crippen molar-refractivity contribution in [2.24, 2.45) is 5.84 Å². The number of hydrogen-bond donors (Lipinski definition) is 2. The first-order chi connectivity index (χ1) is 10.0. The van der Waals surface area contributed by atoms with E-state index in [2.05, 4.69) is 40.1 Å². The summed E-state index contributed by atoms with van der Waals surface area (Å²) in [5.74, 6) is 5.63. The Kier molecular flexibility index (Phi) is 5.77. The molecule has 3 nitrogen and oxygen atoms in total. The number of rotatable bonds is 6. The minimum atomic E-state index is -0.220. The molecule has 1 aliphatic rings. The molecule has 1 heterocycles. The van der Waals surface area contributed by atoms with Gasteiger partial charge in [-0.15, -0.1) is 0 Å². The summed E-state index contributed by atoms with van der Waals surface area (Å²) in [7, 11) is 0. The summed E-state index contributed by atoms with van der Waals surface area (Å²) < 4.78 is 14.3. The number of hydrogen-bond acceptors (Lipinski definition) is 3. The maximum absolute atomic E-state index is 13.7. The smallest absolute Gasteiger partial charge is 0.137 e. The van der Waals surface area contributed by atoms with Gasteiger partial charge in [0.25, 0.3) is 0 Å². The lowest BCUT2D eigenvalue weighted by Crippen LogP contribution is -2.61. The highest BCUT2D eigenvalue weighted by Crippen LogP contribution is 2.31. The highest BCUT2D eigenvalue weighted by Gasteiger charge is 2.39. The monoisotopic (exact) mass is 357 g/mol. The third kappa shape index (κ3) is 3.47. The van der Waals surface area contributed by atoms with Crippen LogP contribution in [0.5, 0.6) is 0 Å². The highest BCUT2D eigenvalue weighted by atomic mass is 79.9. The third-order valence-electron chi connectivity index (χ3n) is 4.95. The molecule has 2 atom stereocenters. The number of halogens is 2. The molecule has 1 aromatic carbocycles. The standard InChI is InChI=1S/C16H25BrFN3/c1-3-16(2,21-9-4-5-10-21)14(20-19)11-12-7-6-8-13(18)15(12)17/h6-8,14,20H,3-5,9-11,19H2,1-2H3. The van der Waals surface area contributed by atoms with Crippen LogP contribution in [0.2, 0.25) is 0 Å². The molecular formula is C16H25BrFN3. The first-order valence-electron chi connectivity index (χ1n) is 7.67. The SMILES string of the molecule is CCC(C)(C(Cc1cccc(F)c1Br)NN)N1CCCC1. The van der Waals surface area contributed by atoms with Crippen LogP contribution in [-0.2, 0) is 6.42 Å². The lowest BCUT2D eigenvalue weighted by atomic mass is 9.84. The van der Waals surface area contributed by atoms with Crippen molar-refractivity contribution in [2.75, 3.05) is 13.1 Å². The molecule has 0 aromatic heterocycles. The normalized spacial score (nSPS) is 20.4. The van der Waals surface area contributed by atoms with Gasteiger partial charge in [0.05, 0.1) is 4.47 Å². The minimum Gasteiger partial charge on any atom is -0.296 e. The van der Waals surface area contributed by atoms with E-state index in [-0.39, 0.29) is 17.4 Å². The van der Waals surface area contributed by atoms with Crippen molar-refractivity contribution >= 4 is 15.9 Å². The Morgan fingerprint density at radius 1 is 1.43 bits per heavy atom. The Bertz CT molecular complexity index is 477. The Hall–Kier alpha value is -0.490. The lowest BCUT2D eigenvalue weighted by Gasteiger charge is -2.44. The van der Waals surface area contributed by atoms with Crippen LogP contribution < -0.4 is 11.3 Å². The molecular weight excluding hydrogens is 333 g/mol. The zero-order valence-electron chi connectivity index (χ0n) is 12.8. The van der Waals surface area contributed by atoms with Gasteiger partial charge < -0.3 is 0 Å². The molecule has 1 saturated heterocycles. The van der Waals surface area contributed by atoms with Crippen LogP contribution >= 0.6 is 15.9 Å². The van der Waals surface area contributed by atoms with Gasteiger partial charge in [0.1, 0.15) is 5.82 Å². The van der Waals surface area contributed by atoms with Crippen LogP contribution in [-0.4, -0.2) is 29.6 Å². The molecule has 3 N–H and O–H groups in total. The Labute approximate surface area is 135 Å². The average molecular weight is 358 g/mol. The molecule has 1 aliphatic heterocycles. The van der Waals surface area contributed by atoms with Crippen molar-refractivity contribution < 1.29 is 4.39 Å². The molecule has 0 spiro atoms. The minimum absolute atomic E-state index is 0.0169. The number of benzene rings is 1. The topological polar surface area (TPSA) is 41.3 Å². The van der Waals surface area contributed by atoms with Gasteiger partial charge in [-0.3, -0.25) is 16.2 Å². The molecule has 5 heteroatoms. The predicted molar refractivity (Wildman–Crippen MR) is 88.4 cm³/mol. The summed E-state index contributed by atoms with van der Waals surface area (Å²) in [5, 5.41) is 0. The van der Waals surface area contributed by atoms with Crippen LogP contribution in [0.1, 0.15) is 38.7 Å². The first-order valence-corrected chi connectivity index (χ1v) is 8.46.